The van der Waals surface area contributed by atoms with Gasteiger partial charge in [-0.25, -0.2) is 4.98 Å². The van der Waals surface area contributed by atoms with Crippen LogP contribution >= 0.6 is 11.3 Å². The number of likely N-dealkylation sites (N-methyl/N-ethyl adjacent to an activating group) is 1. The maximum absolute atomic E-state index is 12.5. The molecular formula is C16H16N4OS. The lowest BCUT2D eigenvalue weighted by molar-refractivity contribution is 0.0797. The van der Waals surface area contributed by atoms with Gasteiger partial charge in [0.1, 0.15) is 0 Å². The lowest BCUT2D eigenvalue weighted by Crippen LogP contribution is -2.28. The molecule has 22 heavy (non-hydrogen) atoms. The van der Waals surface area contributed by atoms with Crippen LogP contribution in [0, 0.1) is 0 Å². The Hall–Kier alpha value is -2.47. The Morgan fingerprint density at radius 1 is 1.27 bits per heavy atom. The molecule has 0 radical (unpaired) electrons. The number of rotatable bonds is 4. The highest BCUT2D eigenvalue weighted by Gasteiger charge is 2.13. The molecule has 0 aliphatic carbocycles. The first-order valence-electron chi connectivity index (χ1n) is 6.94. The normalized spacial score (nSPS) is 10.8. The van der Waals surface area contributed by atoms with E-state index in [1.807, 2.05) is 31.3 Å². The van der Waals surface area contributed by atoms with E-state index in [1.165, 1.54) is 16.9 Å². The summed E-state index contributed by atoms with van der Waals surface area (Å²) in [5, 5.41) is 0.519. The highest BCUT2D eigenvalue weighted by atomic mass is 32.1. The molecule has 0 unspecified atom stereocenters. The molecule has 2 N–H and O–H groups in total. The number of hydrogen-bond donors (Lipinski definition) is 1. The van der Waals surface area contributed by atoms with Crippen LogP contribution in [0.5, 0.6) is 0 Å². The fourth-order valence-corrected chi connectivity index (χ4v) is 3.02. The van der Waals surface area contributed by atoms with Crippen LogP contribution in [0.2, 0.25) is 0 Å². The third kappa shape index (κ3) is 3.07. The molecule has 0 atom stereocenters. The minimum atomic E-state index is 0.00271. The highest BCUT2D eigenvalue weighted by molar-refractivity contribution is 7.22. The first-order valence-corrected chi connectivity index (χ1v) is 7.75. The highest BCUT2D eigenvalue weighted by Crippen LogP contribution is 2.25. The van der Waals surface area contributed by atoms with Crippen molar-refractivity contribution in [2.24, 2.45) is 0 Å². The molecule has 6 heteroatoms. The molecular weight excluding hydrogens is 296 g/mol. The monoisotopic (exact) mass is 312 g/mol. The second-order valence-electron chi connectivity index (χ2n) is 5.07. The smallest absolute Gasteiger partial charge is 0.253 e. The lowest BCUT2D eigenvalue weighted by Gasteiger charge is -2.17. The van der Waals surface area contributed by atoms with Crippen LogP contribution in [-0.4, -0.2) is 34.4 Å². The number of carbonyl (C=O) groups is 1. The van der Waals surface area contributed by atoms with E-state index in [2.05, 4.69) is 9.97 Å². The Morgan fingerprint density at radius 3 is 2.82 bits per heavy atom. The summed E-state index contributed by atoms with van der Waals surface area (Å²) in [6, 6.07) is 9.42. The van der Waals surface area contributed by atoms with Crippen molar-refractivity contribution in [3.63, 3.8) is 0 Å². The number of anilines is 1. The van der Waals surface area contributed by atoms with Gasteiger partial charge in [0.05, 0.1) is 10.2 Å². The maximum Gasteiger partial charge on any atom is 0.253 e. The summed E-state index contributed by atoms with van der Waals surface area (Å²) in [6.07, 6.45) is 4.33. The number of fused-ring (bicyclic) bond motifs is 1. The van der Waals surface area contributed by atoms with Gasteiger partial charge in [0.15, 0.2) is 5.13 Å². The van der Waals surface area contributed by atoms with Crippen molar-refractivity contribution < 1.29 is 4.79 Å². The Balaban J connectivity index is 1.71. The Bertz CT molecular complexity index is 800. The molecule has 3 rings (SSSR count). The van der Waals surface area contributed by atoms with Crippen molar-refractivity contribution in [1.82, 2.24) is 14.9 Å². The molecule has 0 aliphatic rings. The van der Waals surface area contributed by atoms with E-state index in [9.17, 15) is 4.79 Å². The average molecular weight is 312 g/mol. The number of carbonyl (C=O) groups excluding carboxylic acids is 1. The number of nitrogens with zero attached hydrogens (tertiary/aromatic N) is 3. The standard InChI is InChI=1S/C16H16N4OS/c1-20(9-6-11-4-7-18-8-5-11)15(21)12-2-3-13-14(10-12)22-16(17)19-13/h2-5,7-8,10H,6,9H2,1H3,(H2,17,19). The Labute approximate surface area is 132 Å². The minimum absolute atomic E-state index is 0.00271. The molecule has 1 amide bonds. The summed E-state index contributed by atoms with van der Waals surface area (Å²) in [6.45, 7) is 0.658. The first-order chi connectivity index (χ1) is 10.6. The van der Waals surface area contributed by atoms with Crippen molar-refractivity contribution in [2.45, 2.75) is 6.42 Å². The fraction of sp³-hybridized carbons (Fsp3) is 0.188. The topological polar surface area (TPSA) is 72.1 Å². The van der Waals surface area contributed by atoms with Gasteiger partial charge in [-0.05, 0) is 42.3 Å². The number of thiazole rings is 1. The SMILES string of the molecule is CN(CCc1ccncc1)C(=O)c1ccc2nc(N)sc2c1. The molecule has 1 aromatic carbocycles. The number of benzene rings is 1. The summed E-state index contributed by atoms with van der Waals surface area (Å²) in [5.41, 5.74) is 8.36. The molecule has 0 aliphatic heterocycles. The van der Waals surface area contributed by atoms with Crippen LogP contribution in [0.3, 0.4) is 0 Å². The van der Waals surface area contributed by atoms with E-state index in [0.717, 1.165) is 16.6 Å². The van der Waals surface area contributed by atoms with E-state index in [-0.39, 0.29) is 5.91 Å². The summed E-state index contributed by atoms with van der Waals surface area (Å²) in [5.74, 6) is 0.00271. The molecule has 0 bridgehead atoms. The maximum atomic E-state index is 12.5. The van der Waals surface area contributed by atoms with E-state index >= 15 is 0 Å². The number of aromatic nitrogens is 2. The van der Waals surface area contributed by atoms with Gasteiger partial charge in [0.2, 0.25) is 0 Å². The summed E-state index contributed by atoms with van der Waals surface area (Å²) < 4.78 is 0.936. The van der Waals surface area contributed by atoms with Gasteiger partial charge >= 0.3 is 0 Å². The largest absolute Gasteiger partial charge is 0.375 e. The molecule has 0 fully saturated rings. The van der Waals surface area contributed by atoms with Crippen LogP contribution in [-0.2, 0) is 6.42 Å². The second kappa shape index (κ2) is 6.11. The Morgan fingerprint density at radius 2 is 2.05 bits per heavy atom. The van der Waals surface area contributed by atoms with Gasteiger partial charge in [0, 0.05) is 31.5 Å². The molecule has 5 nitrogen and oxygen atoms in total. The first kappa shape index (κ1) is 14.5. The van der Waals surface area contributed by atoms with Gasteiger partial charge < -0.3 is 10.6 Å². The van der Waals surface area contributed by atoms with Crippen LogP contribution in [0.1, 0.15) is 15.9 Å². The van der Waals surface area contributed by atoms with Crippen molar-refractivity contribution in [3.8, 4) is 0 Å². The number of hydrogen-bond acceptors (Lipinski definition) is 5. The third-order valence-corrected chi connectivity index (χ3v) is 4.33. The zero-order valence-electron chi connectivity index (χ0n) is 12.2. The molecule has 2 heterocycles. The Kier molecular flexibility index (Phi) is 4.02. The van der Waals surface area contributed by atoms with Crippen LogP contribution < -0.4 is 5.73 Å². The van der Waals surface area contributed by atoms with Crippen LogP contribution in [0.15, 0.2) is 42.7 Å². The van der Waals surface area contributed by atoms with E-state index < -0.39 is 0 Å². The van der Waals surface area contributed by atoms with E-state index in [4.69, 9.17) is 5.73 Å². The van der Waals surface area contributed by atoms with Crippen molar-refractivity contribution >= 4 is 32.6 Å². The predicted octanol–water partition coefficient (Wildman–Crippen LogP) is 2.59. The van der Waals surface area contributed by atoms with Crippen molar-refractivity contribution in [3.05, 3.63) is 53.9 Å². The molecule has 0 saturated heterocycles. The third-order valence-electron chi connectivity index (χ3n) is 3.48. The van der Waals surface area contributed by atoms with E-state index in [1.54, 1.807) is 23.4 Å². The molecule has 0 spiro atoms. The molecule has 3 aromatic rings. The van der Waals surface area contributed by atoms with Crippen molar-refractivity contribution in [1.29, 1.82) is 0 Å². The second-order valence-corrected chi connectivity index (χ2v) is 6.13. The van der Waals surface area contributed by atoms with E-state index in [0.29, 0.717) is 17.2 Å². The fourth-order valence-electron chi connectivity index (χ4n) is 2.24. The molecule has 112 valence electrons. The average Bonchev–Trinajstić information content (AvgIpc) is 2.92. The van der Waals surface area contributed by atoms with Gasteiger partial charge in [0.25, 0.3) is 5.91 Å². The van der Waals surface area contributed by atoms with Gasteiger partial charge in [-0.2, -0.15) is 0 Å². The van der Waals surface area contributed by atoms with Gasteiger partial charge in [-0.3, -0.25) is 9.78 Å². The van der Waals surface area contributed by atoms with Gasteiger partial charge in [-0.1, -0.05) is 11.3 Å². The zero-order valence-corrected chi connectivity index (χ0v) is 13.0. The summed E-state index contributed by atoms with van der Waals surface area (Å²) >= 11 is 1.39. The quantitative estimate of drug-likeness (QED) is 0.803. The molecule has 0 saturated carbocycles. The van der Waals surface area contributed by atoms with Crippen LogP contribution in [0.4, 0.5) is 5.13 Å². The molecule has 2 aromatic heterocycles. The number of nitrogens with two attached hydrogens (primary N) is 1. The minimum Gasteiger partial charge on any atom is -0.375 e. The lowest BCUT2D eigenvalue weighted by atomic mass is 10.1. The van der Waals surface area contributed by atoms with Crippen LogP contribution in [0.25, 0.3) is 10.2 Å². The number of nitrogen functional groups attached to an aromatic ring is 1. The summed E-state index contributed by atoms with van der Waals surface area (Å²) in [7, 11) is 1.81. The predicted molar refractivity (Wildman–Crippen MR) is 88.9 cm³/mol. The zero-order chi connectivity index (χ0) is 15.5. The van der Waals surface area contributed by atoms with Crippen molar-refractivity contribution in [2.75, 3.05) is 19.3 Å². The number of pyridine rings is 1. The summed E-state index contributed by atoms with van der Waals surface area (Å²) in [4.78, 5) is 22.4. The van der Waals surface area contributed by atoms with Gasteiger partial charge in [-0.15, -0.1) is 0 Å². The number of amides is 1.